The topological polar surface area (TPSA) is 108 Å². The number of carbonyl (C=O) groups excluding carboxylic acids is 2. The molecule has 1 aromatic carbocycles. The van der Waals surface area contributed by atoms with Crippen molar-refractivity contribution in [2.45, 2.75) is 6.61 Å². The summed E-state index contributed by atoms with van der Waals surface area (Å²) in [6.07, 6.45) is -0.827. The molecule has 0 bridgehead atoms. The maximum Gasteiger partial charge on any atom is 0.412 e. The van der Waals surface area contributed by atoms with Crippen molar-refractivity contribution in [1.29, 1.82) is 0 Å². The van der Waals surface area contributed by atoms with Crippen LogP contribution in [0, 0.1) is 10.1 Å². The molecule has 1 N–H and O–H groups in total. The van der Waals surface area contributed by atoms with Crippen molar-refractivity contribution in [3.05, 3.63) is 57.0 Å². The van der Waals surface area contributed by atoms with Crippen molar-refractivity contribution < 1.29 is 24.0 Å². The van der Waals surface area contributed by atoms with Crippen molar-refractivity contribution in [3.63, 3.8) is 0 Å². The number of thiophene rings is 1. The lowest BCUT2D eigenvalue weighted by atomic mass is 10.2. The first-order valence-electron chi connectivity index (χ1n) is 6.35. The molecule has 0 spiro atoms. The van der Waals surface area contributed by atoms with Gasteiger partial charge in [-0.25, -0.2) is 9.59 Å². The number of hydrogen-bond acceptors (Lipinski definition) is 7. The third kappa shape index (κ3) is 4.27. The Morgan fingerprint density at radius 3 is 2.61 bits per heavy atom. The minimum atomic E-state index is -0.827. The van der Waals surface area contributed by atoms with Crippen LogP contribution >= 0.6 is 11.3 Å². The molecule has 2 rings (SSSR count). The number of methoxy groups -OCH3 is 1. The van der Waals surface area contributed by atoms with E-state index in [0.717, 1.165) is 18.7 Å². The zero-order valence-electron chi connectivity index (χ0n) is 12.0. The molecule has 0 fully saturated rings. The first-order valence-corrected chi connectivity index (χ1v) is 7.17. The number of nitro groups is 1. The van der Waals surface area contributed by atoms with E-state index in [9.17, 15) is 19.7 Å². The first kappa shape index (κ1) is 16.4. The second-order valence-corrected chi connectivity index (χ2v) is 5.29. The summed E-state index contributed by atoms with van der Waals surface area (Å²) in [6, 6.07) is 10.1. The van der Waals surface area contributed by atoms with E-state index in [-0.39, 0.29) is 22.2 Å². The molecule has 8 nitrogen and oxygen atoms in total. The van der Waals surface area contributed by atoms with E-state index in [1.54, 1.807) is 24.3 Å². The van der Waals surface area contributed by atoms with Gasteiger partial charge in [-0.2, -0.15) is 0 Å². The molecule has 1 heterocycles. The zero-order chi connectivity index (χ0) is 16.8. The molecule has 120 valence electrons. The number of nitrogens with one attached hydrogen (secondary N) is 1. The predicted octanol–water partition coefficient (Wildman–Crippen LogP) is 3.19. The number of carbonyl (C=O) groups is 2. The molecular formula is C14H12N2O6S. The molecule has 0 saturated carbocycles. The summed E-state index contributed by atoms with van der Waals surface area (Å²) in [5.41, 5.74) is 0.763. The number of hydrogen-bond donors (Lipinski definition) is 1. The molecule has 23 heavy (non-hydrogen) atoms. The van der Waals surface area contributed by atoms with Gasteiger partial charge in [0.2, 0.25) is 0 Å². The fourth-order valence-electron chi connectivity index (χ4n) is 1.67. The van der Waals surface area contributed by atoms with E-state index in [1.807, 2.05) is 6.07 Å². The summed E-state index contributed by atoms with van der Waals surface area (Å²) >= 11 is 0.613. The Morgan fingerprint density at radius 1 is 1.30 bits per heavy atom. The van der Waals surface area contributed by atoms with Crippen LogP contribution in [-0.2, 0) is 16.1 Å². The highest BCUT2D eigenvalue weighted by molar-refractivity contribution is 7.17. The lowest BCUT2D eigenvalue weighted by Crippen LogP contribution is -2.15. The van der Waals surface area contributed by atoms with Crippen LogP contribution < -0.4 is 5.32 Å². The Morgan fingerprint density at radius 2 is 2.00 bits per heavy atom. The largest absolute Gasteiger partial charge is 0.465 e. The smallest absolute Gasteiger partial charge is 0.412 e. The predicted molar refractivity (Wildman–Crippen MR) is 82.6 cm³/mol. The second-order valence-electron chi connectivity index (χ2n) is 4.26. The van der Waals surface area contributed by atoms with Crippen LogP contribution in [0.1, 0.15) is 15.2 Å². The van der Waals surface area contributed by atoms with Crippen LogP contribution in [0.2, 0.25) is 0 Å². The number of esters is 1. The molecule has 0 atom stereocenters. The third-order valence-electron chi connectivity index (χ3n) is 2.72. The summed E-state index contributed by atoms with van der Waals surface area (Å²) in [5.74, 6) is -0.776. The highest BCUT2D eigenvalue weighted by atomic mass is 32.1. The van der Waals surface area contributed by atoms with Gasteiger partial charge in [0.05, 0.1) is 23.8 Å². The third-order valence-corrected chi connectivity index (χ3v) is 3.79. The highest BCUT2D eigenvalue weighted by Crippen LogP contribution is 2.33. The van der Waals surface area contributed by atoms with Gasteiger partial charge in [0.1, 0.15) is 11.5 Å². The summed E-state index contributed by atoms with van der Waals surface area (Å²) < 4.78 is 9.54. The molecule has 1 amide bonds. The molecule has 9 heteroatoms. The van der Waals surface area contributed by atoms with E-state index < -0.39 is 17.0 Å². The monoisotopic (exact) mass is 336 g/mol. The number of rotatable bonds is 5. The highest BCUT2D eigenvalue weighted by Gasteiger charge is 2.24. The Balaban J connectivity index is 2.07. The molecular weight excluding hydrogens is 324 g/mol. The minimum absolute atomic E-state index is 0.0217. The van der Waals surface area contributed by atoms with Gasteiger partial charge in [-0.3, -0.25) is 15.4 Å². The molecule has 1 aromatic heterocycles. The average Bonchev–Trinajstić information content (AvgIpc) is 2.97. The van der Waals surface area contributed by atoms with Crippen molar-refractivity contribution in [2.24, 2.45) is 0 Å². The van der Waals surface area contributed by atoms with Gasteiger partial charge in [-0.1, -0.05) is 41.7 Å². The number of ether oxygens (including phenoxy) is 2. The van der Waals surface area contributed by atoms with E-state index >= 15 is 0 Å². The average molecular weight is 336 g/mol. The van der Waals surface area contributed by atoms with Gasteiger partial charge >= 0.3 is 17.1 Å². The number of benzene rings is 1. The summed E-state index contributed by atoms with van der Waals surface area (Å²) in [6.45, 7) is 0.0342. The van der Waals surface area contributed by atoms with Crippen LogP contribution in [-0.4, -0.2) is 24.1 Å². The summed E-state index contributed by atoms with van der Waals surface area (Å²) in [5, 5.41) is 12.8. The summed E-state index contributed by atoms with van der Waals surface area (Å²) in [4.78, 5) is 33.4. The van der Waals surface area contributed by atoms with Crippen molar-refractivity contribution >= 4 is 34.1 Å². The zero-order valence-corrected chi connectivity index (χ0v) is 12.8. The van der Waals surface area contributed by atoms with E-state index in [4.69, 9.17) is 4.74 Å². The molecule has 0 aliphatic rings. The first-order chi connectivity index (χ1) is 11.0. The van der Waals surface area contributed by atoms with Gasteiger partial charge < -0.3 is 9.47 Å². The number of amides is 1. The standard InChI is InChI=1S/C14H12N2O6S/c1-21-13(17)12-10(7-11(23-12)16(19)20)15-14(18)22-8-9-5-3-2-4-6-9/h2-7H,8H2,1H3,(H,15,18). The quantitative estimate of drug-likeness (QED) is 0.510. The number of nitrogens with zero attached hydrogens (tertiary/aromatic N) is 1. The minimum Gasteiger partial charge on any atom is -0.465 e. The lowest BCUT2D eigenvalue weighted by molar-refractivity contribution is -0.380. The van der Waals surface area contributed by atoms with Gasteiger partial charge in [0.15, 0.2) is 0 Å². The Kier molecular flexibility index (Phi) is 5.26. The van der Waals surface area contributed by atoms with Crippen LogP contribution in [0.5, 0.6) is 0 Å². The summed E-state index contributed by atoms with van der Waals surface area (Å²) in [7, 11) is 1.14. The fourth-order valence-corrected chi connectivity index (χ4v) is 2.52. The SMILES string of the molecule is COC(=O)c1sc([N+](=O)[O-])cc1NC(=O)OCc1ccccc1. The maximum absolute atomic E-state index is 11.8. The molecule has 0 aliphatic heterocycles. The van der Waals surface area contributed by atoms with E-state index in [2.05, 4.69) is 10.1 Å². The Bertz CT molecular complexity index is 728. The van der Waals surface area contributed by atoms with Gasteiger partial charge in [0, 0.05) is 0 Å². The van der Waals surface area contributed by atoms with Gasteiger partial charge in [0.25, 0.3) is 0 Å². The molecule has 0 unspecified atom stereocenters. The van der Waals surface area contributed by atoms with Crippen molar-refractivity contribution in [3.8, 4) is 0 Å². The van der Waals surface area contributed by atoms with Gasteiger partial charge in [-0.15, -0.1) is 0 Å². The van der Waals surface area contributed by atoms with Crippen LogP contribution in [0.4, 0.5) is 15.5 Å². The molecule has 2 aromatic rings. The second kappa shape index (κ2) is 7.36. The molecule has 0 saturated heterocycles. The van der Waals surface area contributed by atoms with E-state index in [0.29, 0.717) is 11.3 Å². The Hall–Kier alpha value is -2.94. The normalized spacial score (nSPS) is 9.96. The van der Waals surface area contributed by atoms with Gasteiger partial charge in [-0.05, 0) is 5.56 Å². The van der Waals surface area contributed by atoms with Crippen LogP contribution in [0.3, 0.4) is 0 Å². The molecule has 0 aliphatic carbocycles. The van der Waals surface area contributed by atoms with Crippen LogP contribution in [0.25, 0.3) is 0 Å². The number of anilines is 1. The van der Waals surface area contributed by atoms with E-state index in [1.165, 1.54) is 0 Å². The Labute approximate surface area is 134 Å². The van der Waals surface area contributed by atoms with Crippen LogP contribution in [0.15, 0.2) is 36.4 Å². The van der Waals surface area contributed by atoms with Crippen molar-refractivity contribution in [2.75, 3.05) is 12.4 Å². The lowest BCUT2D eigenvalue weighted by Gasteiger charge is -2.06. The maximum atomic E-state index is 11.8. The molecule has 0 radical (unpaired) electrons. The fraction of sp³-hybridized carbons (Fsp3) is 0.143. The van der Waals surface area contributed by atoms with Crippen molar-refractivity contribution in [1.82, 2.24) is 0 Å².